The molecule has 2 unspecified atom stereocenters. The minimum absolute atomic E-state index is 0.325. The zero-order valence-electron chi connectivity index (χ0n) is 12.9. The smallest absolute Gasteiger partial charge is 0.115 e. The predicted molar refractivity (Wildman–Crippen MR) is 88.6 cm³/mol. The summed E-state index contributed by atoms with van der Waals surface area (Å²) in [5, 5.41) is 13.0. The van der Waals surface area contributed by atoms with Gasteiger partial charge < -0.3 is 10.4 Å². The van der Waals surface area contributed by atoms with E-state index in [1.807, 2.05) is 12.1 Å². The zero-order chi connectivity index (χ0) is 15.1. The van der Waals surface area contributed by atoms with Crippen molar-refractivity contribution in [1.82, 2.24) is 5.32 Å². The van der Waals surface area contributed by atoms with Gasteiger partial charge in [0.1, 0.15) is 5.75 Å². The molecule has 21 heavy (non-hydrogen) atoms. The highest BCUT2D eigenvalue weighted by atomic mass is 16.3. The number of rotatable bonds is 7. The van der Waals surface area contributed by atoms with Crippen molar-refractivity contribution in [2.24, 2.45) is 0 Å². The van der Waals surface area contributed by atoms with Crippen LogP contribution in [-0.4, -0.2) is 11.7 Å². The Bertz CT molecular complexity index is 521. The zero-order valence-corrected chi connectivity index (χ0v) is 12.9. The standard InChI is InChI=1S/C19H25NO/c1-3-19(17-9-11-18(21)12-10-17)20-14-13-15(2)16-7-5-4-6-8-16/h4-12,15,19-21H,3,13-14H2,1-2H3. The summed E-state index contributed by atoms with van der Waals surface area (Å²) >= 11 is 0. The minimum atomic E-state index is 0.325. The lowest BCUT2D eigenvalue weighted by Crippen LogP contribution is -2.22. The van der Waals surface area contributed by atoms with Crippen LogP contribution in [0.4, 0.5) is 0 Å². The molecule has 0 radical (unpaired) electrons. The third-order valence-corrected chi connectivity index (χ3v) is 4.04. The van der Waals surface area contributed by atoms with Gasteiger partial charge in [0.25, 0.3) is 0 Å². The largest absolute Gasteiger partial charge is 0.508 e. The molecule has 2 N–H and O–H groups in total. The second kappa shape index (κ2) is 7.84. The fourth-order valence-electron chi connectivity index (χ4n) is 2.63. The summed E-state index contributed by atoms with van der Waals surface area (Å²) in [6.45, 7) is 5.46. The molecule has 0 fully saturated rings. The van der Waals surface area contributed by atoms with Crippen LogP contribution in [0, 0.1) is 0 Å². The van der Waals surface area contributed by atoms with Gasteiger partial charge in [-0.15, -0.1) is 0 Å². The van der Waals surface area contributed by atoms with Crippen LogP contribution in [0.3, 0.4) is 0 Å². The topological polar surface area (TPSA) is 32.3 Å². The Morgan fingerprint density at radius 3 is 2.24 bits per heavy atom. The van der Waals surface area contributed by atoms with Gasteiger partial charge in [-0.25, -0.2) is 0 Å². The van der Waals surface area contributed by atoms with Crippen LogP contribution in [0.15, 0.2) is 54.6 Å². The van der Waals surface area contributed by atoms with Crippen LogP contribution >= 0.6 is 0 Å². The van der Waals surface area contributed by atoms with E-state index in [2.05, 4.69) is 49.5 Å². The molecule has 2 atom stereocenters. The van der Waals surface area contributed by atoms with Gasteiger partial charge in [0.05, 0.1) is 0 Å². The number of nitrogens with one attached hydrogen (secondary N) is 1. The van der Waals surface area contributed by atoms with Gasteiger partial charge in [-0.2, -0.15) is 0 Å². The van der Waals surface area contributed by atoms with E-state index < -0.39 is 0 Å². The van der Waals surface area contributed by atoms with Gasteiger partial charge in [-0.3, -0.25) is 0 Å². The van der Waals surface area contributed by atoms with Gasteiger partial charge in [0.15, 0.2) is 0 Å². The summed E-state index contributed by atoms with van der Waals surface area (Å²) in [4.78, 5) is 0. The molecule has 2 nitrogen and oxygen atoms in total. The average Bonchev–Trinajstić information content (AvgIpc) is 2.53. The molecule has 0 saturated carbocycles. The Hall–Kier alpha value is -1.80. The van der Waals surface area contributed by atoms with E-state index >= 15 is 0 Å². The van der Waals surface area contributed by atoms with Gasteiger partial charge in [-0.1, -0.05) is 56.3 Å². The number of hydrogen-bond acceptors (Lipinski definition) is 2. The van der Waals surface area contributed by atoms with Gasteiger partial charge in [0.2, 0.25) is 0 Å². The fraction of sp³-hybridized carbons (Fsp3) is 0.368. The first kappa shape index (κ1) is 15.6. The lowest BCUT2D eigenvalue weighted by atomic mass is 9.97. The molecular weight excluding hydrogens is 258 g/mol. The molecule has 0 heterocycles. The molecule has 2 rings (SSSR count). The Morgan fingerprint density at radius 2 is 1.62 bits per heavy atom. The molecule has 0 aliphatic carbocycles. The molecule has 2 aromatic carbocycles. The lowest BCUT2D eigenvalue weighted by Gasteiger charge is -2.19. The van der Waals surface area contributed by atoms with E-state index in [1.165, 1.54) is 11.1 Å². The van der Waals surface area contributed by atoms with E-state index in [9.17, 15) is 5.11 Å². The quantitative estimate of drug-likeness (QED) is 0.776. The van der Waals surface area contributed by atoms with Gasteiger partial charge in [-0.05, 0) is 48.6 Å². The Labute approximate surface area is 127 Å². The summed E-state index contributed by atoms with van der Waals surface area (Å²) in [7, 11) is 0. The first-order valence-corrected chi connectivity index (χ1v) is 7.78. The first-order valence-electron chi connectivity index (χ1n) is 7.78. The highest BCUT2D eigenvalue weighted by Gasteiger charge is 2.10. The predicted octanol–water partition coefficient (Wildman–Crippen LogP) is 4.63. The molecule has 112 valence electrons. The second-order valence-corrected chi connectivity index (χ2v) is 5.61. The van der Waals surface area contributed by atoms with E-state index in [0.29, 0.717) is 17.7 Å². The van der Waals surface area contributed by atoms with Crippen molar-refractivity contribution < 1.29 is 5.11 Å². The van der Waals surface area contributed by atoms with Crippen LogP contribution in [-0.2, 0) is 0 Å². The maximum atomic E-state index is 9.37. The number of phenols is 1. The monoisotopic (exact) mass is 283 g/mol. The number of phenolic OH excluding ortho intramolecular Hbond substituents is 1. The van der Waals surface area contributed by atoms with Crippen molar-refractivity contribution >= 4 is 0 Å². The van der Waals surface area contributed by atoms with E-state index in [1.54, 1.807) is 12.1 Å². The summed E-state index contributed by atoms with van der Waals surface area (Å²) < 4.78 is 0. The second-order valence-electron chi connectivity index (χ2n) is 5.61. The average molecular weight is 283 g/mol. The van der Waals surface area contributed by atoms with E-state index in [4.69, 9.17) is 0 Å². The molecule has 0 spiro atoms. The maximum Gasteiger partial charge on any atom is 0.115 e. The summed E-state index contributed by atoms with van der Waals surface area (Å²) in [6, 6.07) is 18.5. The SMILES string of the molecule is CCC(NCCC(C)c1ccccc1)c1ccc(O)cc1. The van der Waals surface area contributed by atoms with Crippen molar-refractivity contribution in [2.75, 3.05) is 6.54 Å². The van der Waals surface area contributed by atoms with Crippen molar-refractivity contribution in [2.45, 2.75) is 38.6 Å². The highest BCUT2D eigenvalue weighted by molar-refractivity contribution is 5.28. The molecule has 0 bridgehead atoms. The summed E-state index contributed by atoms with van der Waals surface area (Å²) in [6.07, 6.45) is 2.17. The maximum absolute atomic E-state index is 9.37. The molecular formula is C19H25NO. The minimum Gasteiger partial charge on any atom is -0.508 e. The molecule has 0 saturated heterocycles. The fourth-order valence-corrected chi connectivity index (χ4v) is 2.63. The Kier molecular flexibility index (Phi) is 5.82. The third-order valence-electron chi connectivity index (χ3n) is 4.04. The van der Waals surface area contributed by atoms with E-state index in [-0.39, 0.29) is 0 Å². The summed E-state index contributed by atoms with van der Waals surface area (Å²) in [5.41, 5.74) is 2.64. The molecule has 0 aliphatic rings. The molecule has 2 heteroatoms. The number of aromatic hydroxyl groups is 1. The van der Waals surface area contributed by atoms with Crippen molar-refractivity contribution in [3.63, 3.8) is 0 Å². The molecule has 2 aromatic rings. The molecule has 0 aromatic heterocycles. The van der Waals surface area contributed by atoms with Crippen LogP contribution in [0.2, 0.25) is 0 Å². The van der Waals surface area contributed by atoms with Crippen molar-refractivity contribution in [3.05, 3.63) is 65.7 Å². The number of benzene rings is 2. The lowest BCUT2D eigenvalue weighted by molar-refractivity contribution is 0.471. The van der Waals surface area contributed by atoms with Crippen LogP contribution < -0.4 is 5.32 Å². The third kappa shape index (κ3) is 4.61. The molecule has 0 amide bonds. The Morgan fingerprint density at radius 1 is 0.952 bits per heavy atom. The highest BCUT2D eigenvalue weighted by Crippen LogP contribution is 2.21. The van der Waals surface area contributed by atoms with Crippen LogP contribution in [0.25, 0.3) is 0 Å². The van der Waals surface area contributed by atoms with Crippen LogP contribution in [0.1, 0.15) is 49.8 Å². The normalized spacial score (nSPS) is 13.8. The van der Waals surface area contributed by atoms with Gasteiger partial charge >= 0.3 is 0 Å². The van der Waals surface area contributed by atoms with Gasteiger partial charge in [0, 0.05) is 6.04 Å². The van der Waals surface area contributed by atoms with Crippen molar-refractivity contribution in [3.8, 4) is 5.75 Å². The van der Waals surface area contributed by atoms with Crippen molar-refractivity contribution in [1.29, 1.82) is 0 Å². The Balaban J connectivity index is 1.85. The van der Waals surface area contributed by atoms with Crippen LogP contribution in [0.5, 0.6) is 5.75 Å². The number of hydrogen-bond donors (Lipinski definition) is 2. The van der Waals surface area contributed by atoms with E-state index in [0.717, 1.165) is 19.4 Å². The molecule has 0 aliphatic heterocycles. The first-order chi connectivity index (χ1) is 10.2. The summed E-state index contributed by atoms with van der Waals surface area (Å²) in [5.74, 6) is 0.891.